The first-order valence-corrected chi connectivity index (χ1v) is 12.5. The van der Waals surface area contributed by atoms with Crippen LogP contribution in [-0.2, 0) is 22.6 Å². The molecule has 3 aromatic carbocycles. The molecule has 2 atom stereocenters. The van der Waals surface area contributed by atoms with Crippen molar-refractivity contribution in [2.45, 2.75) is 25.2 Å². The van der Waals surface area contributed by atoms with Crippen LogP contribution in [0.15, 0.2) is 66.7 Å². The van der Waals surface area contributed by atoms with Gasteiger partial charge in [-0.1, -0.05) is 54.6 Å². The molecule has 3 aromatic rings. The Labute approximate surface area is 216 Å². The topological polar surface area (TPSA) is 88.2 Å². The van der Waals surface area contributed by atoms with Gasteiger partial charge in [-0.2, -0.15) is 5.01 Å². The number of urea groups is 1. The van der Waals surface area contributed by atoms with Gasteiger partial charge in [0.25, 0.3) is 0 Å². The zero-order valence-corrected chi connectivity index (χ0v) is 21.3. The van der Waals surface area contributed by atoms with Gasteiger partial charge in [0.15, 0.2) is 0 Å². The Morgan fingerprint density at radius 3 is 2.46 bits per heavy atom. The molecule has 0 radical (unpaired) electrons. The minimum atomic E-state index is -0.662. The Kier molecular flexibility index (Phi) is 6.71. The van der Waals surface area contributed by atoms with Crippen molar-refractivity contribution < 1.29 is 14.4 Å². The van der Waals surface area contributed by atoms with Gasteiger partial charge in [0.05, 0.1) is 13.1 Å². The first-order chi connectivity index (χ1) is 17.9. The van der Waals surface area contributed by atoms with Crippen LogP contribution in [0.3, 0.4) is 0 Å². The Bertz CT molecular complexity index is 1320. The number of amides is 4. The highest BCUT2D eigenvalue weighted by atomic mass is 16.2. The molecule has 2 aliphatic rings. The molecule has 0 aliphatic carbocycles. The fourth-order valence-electron chi connectivity index (χ4n) is 5.40. The second-order valence-corrected chi connectivity index (χ2v) is 9.48. The van der Waals surface area contributed by atoms with Gasteiger partial charge in [0, 0.05) is 39.8 Å². The summed E-state index contributed by atoms with van der Waals surface area (Å²) in [6.45, 7) is 0.773. The molecule has 2 saturated heterocycles. The largest absolute Gasteiger partial charge is 0.388 e. The molecular weight excluding hydrogens is 468 g/mol. The van der Waals surface area contributed by atoms with Gasteiger partial charge in [0.1, 0.15) is 12.2 Å². The second-order valence-electron chi connectivity index (χ2n) is 9.48. The normalized spacial score (nSPS) is 19.8. The number of nitrogens with zero attached hydrogens (tertiary/aromatic N) is 4. The fraction of sp³-hybridized carbons (Fsp3) is 0.321. The van der Waals surface area contributed by atoms with Crippen molar-refractivity contribution in [2.24, 2.45) is 0 Å². The average Bonchev–Trinajstić information content (AvgIpc) is 3.26. The van der Waals surface area contributed by atoms with Crippen molar-refractivity contribution in [3.63, 3.8) is 0 Å². The number of rotatable bonds is 6. The number of carbonyl (C=O) groups excluding carboxylic acids is 3. The Morgan fingerprint density at radius 1 is 1.00 bits per heavy atom. The molecule has 0 bridgehead atoms. The lowest BCUT2D eigenvalue weighted by Gasteiger charge is -2.45. The van der Waals surface area contributed by atoms with E-state index >= 15 is 0 Å². The number of fused-ring (bicyclic) bond motifs is 2. The highest BCUT2D eigenvalue weighted by molar-refractivity contribution is 5.92. The standard InChI is InChI=1S/C28H32N6O3/c1-29-22-13-11-19(12-14-22)15-24-27(36)32(16-21-9-6-8-20-7-4-5-10-23(20)21)17-25-33(18-26(35)34(24)25)31(3)28(37)30-2/h4-14,24-25,29H,15-18H2,1-3H3,(H,30,37)/t24-,25+/m0/s1. The molecule has 2 heterocycles. The minimum absolute atomic E-state index is 0.0408. The van der Waals surface area contributed by atoms with Crippen LogP contribution in [0, 0.1) is 0 Å². The van der Waals surface area contributed by atoms with E-state index in [1.807, 2.05) is 60.5 Å². The van der Waals surface area contributed by atoms with Gasteiger partial charge < -0.3 is 20.4 Å². The van der Waals surface area contributed by atoms with Crippen molar-refractivity contribution in [3.05, 3.63) is 77.9 Å². The summed E-state index contributed by atoms with van der Waals surface area (Å²) in [5, 5.41) is 11.1. The van der Waals surface area contributed by atoms with Gasteiger partial charge in [-0.25, -0.2) is 4.79 Å². The average molecular weight is 501 g/mol. The molecule has 0 spiro atoms. The summed E-state index contributed by atoms with van der Waals surface area (Å²) >= 11 is 0. The number of hydrogen-bond donors (Lipinski definition) is 2. The maximum Gasteiger partial charge on any atom is 0.331 e. The lowest BCUT2D eigenvalue weighted by atomic mass is 9.98. The SMILES string of the molecule is CNC(=O)N(C)N1CC(=O)N2[C@@H](Cc3ccc(NC)cc3)C(=O)N(Cc3cccc4ccccc34)C[C@@H]21. The van der Waals surface area contributed by atoms with E-state index in [2.05, 4.69) is 28.8 Å². The van der Waals surface area contributed by atoms with Crippen LogP contribution in [0.25, 0.3) is 10.8 Å². The van der Waals surface area contributed by atoms with E-state index in [-0.39, 0.29) is 24.4 Å². The van der Waals surface area contributed by atoms with Gasteiger partial charge in [-0.15, -0.1) is 0 Å². The molecule has 2 fully saturated rings. The van der Waals surface area contributed by atoms with E-state index in [4.69, 9.17) is 0 Å². The summed E-state index contributed by atoms with van der Waals surface area (Å²) < 4.78 is 0. The van der Waals surface area contributed by atoms with Crippen molar-refractivity contribution in [3.8, 4) is 0 Å². The molecule has 0 unspecified atom stereocenters. The van der Waals surface area contributed by atoms with E-state index in [1.54, 1.807) is 24.0 Å². The molecule has 37 heavy (non-hydrogen) atoms. The van der Waals surface area contributed by atoms with Crippen LogP contribution in [0.5, 0.6) is 0 Å². The third-order valence-corrected chi connectivity index (χ3v) is 7.37. The third kappa shape index (κ3) is 4.58. The Balaban J connectivity index is 1.50. The highest BCUT2D eigenvalue weighted by Gasteiger charge is 2.51. The molecule has 9 heteroatoms. The van der Waals surface area contributed by atoms with Crippen LogP contribution in [0.1, 0.15) is 11.1 Å². The van der Waals surface area contributed by atoms with E-state index in [0.29, 0.717) is 19.5 Å². The molecule has 0 saturated carbocycles. The van der Waals surface area contributed by atoms with Crippen LogP contribution in [0.4, 0.5) is 10.5 Å². The molecule has 0 aromatic heterocycles. The quantitative estimate of drug-likeness (QED) is 0.543. The molecule has 2 N–H and O–H groups in total. The van der Waals surface area contributed by atoms with Crippen LogP contribution in [-0.4, -0.2) is 84.1 Å². The number of hydrazine groups is 1. The van der Waals surface area contributed by atoms with E-state index in [0.717, 1.165) is 27.6 Å². The van der Waals surface area contributed by atoms with E-state index < -0.39 is 12.2 Å². The van der Waals surface area contributed by atoms with Crippen molar-refractivity contribution >= 4 is 34.3 Å². The summed E-state index contributed by atoms with van der Waals surface area (Å²) in [5.74, 6) is -0.240. The second kappa shape index (κ2) is 10.1. The molecule has 4 amide bonds. The van der Waals surface area contributed by atoms with Crippen molar-refractivity contribution in [1.29, 1.82) is 0 Å². The van der Waals surface area contributed by atoms with Gasteiger partial charge in [0.2, 0.25) is 11.8 Å². The Hall–Kier alpha value is -4.11. The molecular formula is C28H32N6O3. The van der Waals surface area contributed by atoms with Gasteiger partial charge in [-0.05, 0) is 34.0 Å². The lowest BCUT2D eigenvalue weighted by Crippen LogP contribution is -2.65. The number of piperazine rings is 1. The van der Waals surface area contributed by atoms with E-state index in [9.17, 15) is 14.4 Å². The molecule has 192 valence electrons. The first-order valence-electron chi connectivity index (χ1n) is 12.5. The lowest BCUT2D eigenvalue weighted by molar-refractivity contribution is -0.157. The van der Waals surface area contributed by atoms with Crippen molar-refractivity contribution in [2.75, 3.05) is 39.5 Å². The fourth-order valence-corrected chi connectivity index (χ4v) is 5.40. The van der Waals surface area contributed by atoms with E-state index in [1.165, 1.54) is 5.01 Å². The van der Waals surface area contributed by atoms with Gasteiger partial charge in [-0.3, -0.25) is 14.6 Å². The number of benzene rings is 3. The zero-order valence-electron chi connectivity index (χ0n) is 21.3. The van der Waals surface area contributed by atoms with Crippen LogP contribution in [0.2, 0.25) is 0 Å². The maximum atomic E-state index is 14.0. The minimum Gasteiger partial charge on any atom is -0.388 e. The summed E-state index contributed by atoms with van der Waals surface area (Å²) in [6.07, 6.45) is -0.0432. The Morgan fingerprint density at radius 2 is 1.73 bits per heavy atom. The van der Waals surface area contributed by atoms with Crippen molar-refractivity contribution in [1.82, 2.24) is 25.1 Å². The predicted molar refractivity (Wildman–Crippen MR) is 142 cm³/mol. The maximum absolute atomic E-state index is 14.0. The molecule has 2 aliphatic heterocycles. The number of hydrogen-bond acceptors (Lipinski definition) is 5. The first kappa shape index (κ1) is 24.6. The van der Waals surface area contributed by atoms with Crippen LogP contribution < -0.4 is 10.6 Å². The summed E-state index contributed by atoms with van der Waals surface area (Å²) in [6, 6.07) is 21.1. The molecule has 5 rings (SSSR count). The number of carbonyl (C=O) groups is 3. The summed E-state index contributed by atoms with van der Waals surface area (Å²) in [7, 11) is 5.06. The predicted octanol–water partition coefficient (Wildman–Crippen LogP) is 2.49. The summed E-state index contributed by atoms with van der Waals surface area (Å²) in [5.41, 5.74) is 2.99. The number of nitrogens with one attached hydrogen (secondary N) is 2. The van der Waals surface area contributed by atoms with Gasteiger partial charge >= 0.3 is 6.03 Å². The summed E-state index contributed by atoms with van der Waals surface area (Å²) in [4.78, 5) is 43.2. The smallest absolute Gasteiger partial charge is 0.331 e. The molecule has 9 nitrogen and oxygen atoms in total. The monoisotopic (exact) mass is 500 g/mol. The van der Waals surface area contributed by atoms with Crippen LogP contribution >= 0.6 is 0 Å². The third-order valence-electron chi connectivity index (χ3n) is 7.37. The zero-order chi connectivity index (χ0) is 26.1. The highest BCUT2D eigenvalue weighted by Crippen LogP contribution is 2.31. The number of anilines is 1.